The first-order valence-corrected chi connectivity index (χ1v) is 10.2. The van der Waals surface area contributed by atoms with Crippen LogP contribution in [0.3, 0.4) is 0 Å². The monoisotopic (exact) mass is 390 g/mol. The summed E-state index contributed by atoms with van der Waals surface area (Å²) in [6.45, 7) is 3.14. The first-order chi connectivity index (χ1) is 12.9. The number of ether oxygens (including phenoxy) is 1. The summed E-state index contributed by atoms with van der Waals surface area (Å²) in [5.74, 6) is 1.19. The van der Waals surface area contributed by atoms with Gasteiger partial charge in [-0.2, -0.15) is 0 Å². The molecule has 0 amide bonds. The molecule has 2 aromatic carbocycles. The molecule has 146 valence electrons. The van der Waals surface area contributed by atoms with Crippen LogP contribution in [0.5, 0.6) is 5.75 Å². The summed E-state index contributed by atoms with van der Waals surface area (Å²) in [6, 6.07) is 14.5. The predicted octanol–water partition coefficient (Wildman–Crippen LogP) is 1.64. The van der Waals surface area contributed by atoms with Crippen LogP contribution in [0, 0.1) is 0 Å². The van der Waals surface area contributed by atoms with Gasteiger partial charge in [0.25, 0.3) is 0 Å². The fourth-order valence-corrected chi connectivity index (χ4v) is 3.45. The molecule has 0 radical (unpaired) electrons. The van der Waals surface area contributed by atoms with Crippen LogP contribution < -0.4 is 20.5 Å². The maximum Gasteiger partial charge on any atom is 0.240 e. The van der Waals surface area contributed by atoms with E-state index < -0.39 is 10.0 Å². The van der Waals surface area contributed by atoms with Crippen molar-refractivity contribution in [2.24, 2.45) is 10.7 Å². The Balaban J connectivity index is 1.82. The van der Waals surface area contributed by atoms with Crippen molar-refractivity contribution in [3.05, 3.63) is 59.7 Å². The van der Waals surface area contributed by atoms with Crippen LogP contribution in [-0.2, 0) is 23.0 Å². The molecule has 2 aromatic rings. The molecule has 0 spiro atoms. The summed E-state index contributed by atoms with van der Waals surface area (Å²) in [6.07, 6.45) is 0.817. The van der Waals surface area contributed by atoms with Crippen molar-refractivity contribution in [3.63, 3.8) is 0 Å². The number of nitrogens with one attached hydrogen (secondary N) is 2. The third kappa shape index (κ3) is 6.58. The highest BCUT2D eigenvalue weighted by Crippen LogP contribution is 2.12. The fourth-order valence-electron chi connectivity index (χ4n) is 2.41. The van der Waals surface area contributed by atoms with Gasteiger partial charge in [-0.1, -0.05) is 31.2 Å². The van der Waals surface area contributed by atoms with Crippen LogP contribution in [0.1, 0.15) is 18.1 Å². The van der Waals surface area contributed by atoms with E-state index in [-0.39, 0.29) is 4.90 Å². The van der Waals surface area contributed by atoms with E-state index in [0.717, 1.165) is 17.7 Å². The van der Waals surface area contributed by atoms with E-state index in [2.05, 4.69) is 15.0 Å². The summed E-state index contributed by atoms with van der Waals surface area (Å²) in [7, 11) is -1.79. The Bertz CT molecular complexity index is 848. The normalized spacial score (nSPS) is 12.0. The summed E-state index contributed by atoms with van der Waals surface area (Å²) < 4.78 is 31.4. The average molecular weight is 391 g/mol. The molecule has 0 atom stereocenters. The Labute approximate surface area is 160 Å². The second-order valence-electron chi connectivity index (χ2n) is 5.87. The van der Waals surface area contributed by atoms with E-state index in [4.69, 9.17) is 10.5 Å². The minimum absolute atomic E-state index is 0.239. The van der Waals surface area contributed by atoms with Gasteiger partial charge in [-0.25, -0.2) is 18.1 Å². The molecule has 0 aromatic heterocycles. The zero-order valence-electron chi connectivity index (χ0n) is 15.6. The number of nitrogens with two attached hydrogens (primary N) is 1. The number of sulfonamides is 1. The molecule has 2 rings (SSSR count). The predicted molar refractivity (Wildman–Crippen MR) is 107 cm³/mol. The summed E-state index contributed by atoms with van der Waals surface area (Å²) in [5, 5.41) is 3.07. The summed E-state index contributed by atoms with van der Waals surface area (Å²) >= 11 is 0. The lowest BCUT2D eigenvalue weighted by Crippen LogP contribution is -2.33. The molecule has 0 aliphatic carbocycles. The number of hydrogen-bond acceptors (Lipinski definition) is 4. The molecular weight excluding hydrogens is 364 g/mol. The number of aliphatic imine (C=N–C) groups is 1. The molecule has 0 aliphatic rings. The van der Waals surface area contributed by atoms with Crippen LogP contribution >= 0.6 is 0 Å². The molecule has 4 N–H and O–H groups in total. The summed E-state index contributed by atoms with van der Waals surface area (Å²) in [4.78, 5) is 4.52. The number of guanidine groups is 1. The molecule has 0 unspecified atom stereocenters. The van der Waals surface area contributed by atoms with E-state index in [1.165, 1.54) is 5.56 Å². The van der Waals surface area contributed by atoms with Crippen molar-refractivity contribution in [1.82, 2.24) is 10.0 Å². The Morgan fingerprint density at radius 1 is 1.07 bits per heavy atom. The van der Waals surface area contributed by atoms with Crippen LogP contribution in [0.2, 0.25) is 0 Å². The van der Waals surface area contributed by atoms with Gasteiger partial charge in [0, 0.05) is 13.1 Å². The second kappa shape index (κ2) is 9.94. The maximum absolute atomic E-state index is 11.9. The summed E-state index contributed by atoms with van der Waals surface area (Å²) in [5.41, 5.74) is 7.94. The minimum atomic E-state index is -3.43. The lowest BCUT2D eigenvalue weighted by molar-refractivity contribution is 0.414. The van der Waals surface area contributed by atoms with Crippen LogP contribution in [0.4, 0.5) is 0 Å². The van der Waals surface area contributed by atoms with Crippen molar-refractivity contribution < 1.29 is 13.2 Å². The second-order valence-corrected chi connectivity index (χ2v) is 7.64. The van der Waals surface area contributed by atoms with Crippen molar-refractivity contribution in [2.75, 3.05) is 20.2 Å². The van der Waals surface area contributed by atoms with Gasteiger partial charge >= 0.3 is 0 Å². The average Bonchev–Trinajstić information content (AvgIpc) is 2.67. The number of rotatable bonds is 9. The first kappa shape index (κ1) is 20.7. The Kier molecular flexibility index (Phi) is 7.63. The Hall–Kier alpha value is -2.58. The highest BCUT2D eigenvalue weighted by atomic mass is 32.2. The molecule has 7 nitrogen and oxygen atoms in total. The van der Waals surface area contributed by atoms with Gasteiger partial charge in [0.1, 0.15) is 5.75 Å². The number of methoxy groups -OCH3 is 1. The number of nitrogens with zero attached hydrogens (tertiary/aromatic N) is 1. The third-order valence-corrected chi connectivity index (χ3v) is 5.44. The molecule has 0 fully saturated rings. The van der Waals surface area contributed by atoms with E-state index in [1.807, 2.05) is 24.3 Å². The van der Waals surface area contributed by atoms with Crippen LogP contribution in [0.25, 0.3) is 0 Å². The fraction of sp³-hybridized carbons (Fsp3) is 0.316. The van der Waals surface area contributed by atoms with Gasteiger partial charge in [0.15, 0.2) is 5.96 Å². The van der Waals surface area contributed by atoms with Crippen LogP contribution in [-0.4, -0.2) is 34.6 Å². The van der Waals surface area contributed by atoms with Gasteiger partial charge in [-0.3, -0.25) is 0 Å². The third-order valence-electron chi connectivity index (χ3n) is 3.88. The van der Waals surface area contributed by atoms with Crippen molar-refractivity contribution >= 4 is 16.0 Å². The van der Waals surface area contributed by atoms with Crippen LogP contribution in [0.15, 0.2) is 58.4 Å². The van der Waals surface area contributed by atoms with Gasteiger partial charge in [-0.15, -0.1) is 0 Å². The van der Waals surface area contributed by atoms with E-state index in [9.17, 15) is 8.42 Å². The van der Waals surface area contributed by atoms with Crippen molar-refractivity contribution in [3.8, 4) is 5.75 Å². The molecule has 0 aliphatic heterocycles. The Morgan fingerprint density at radius 3 is 2.30 bits per heavy atom. The molecule has 0 bridgehead atoms. The SMILES string of the molecule is CCNS(=O)(=O)c1ccc(CN=C(N)NCCc2ccc(OC)cc2)cc1. The van der Waals surface area contributed by atoms with E-state index in [0.29, 0.717) is 25.6 Å². The molecule has 0 saturated heterocycles. The highest BCUT2D eigenvalue weighted by Gasteiger charge is 2.11. The zero-order valence-corrected chi connectivity index (χ0v) is 16.4. The topological polar surface area (TPSA) is 106 Å². The maximum atomic E-state index is 11.9. The Morgan fingerprint density at radius 2 is 1.70 bits per heavy atom. The number of hydrogen-bond donors (Lipinski definition) is 3. The van der Waals surface area contributed by atoms with Gasteiger partial charge in [0.05, 0.1) is 18.6 Å². The zero-order chi connectivity index (χ0) is 19.7. The first-order valence-electron chi connectivity index (χ1n) is 8.70. The quantitative estimate of drug-likeness (QED) is 0.446. The van der Waals surface area contributed by atoms with Gasteiger partial charge < -0.3 is 15.8 Å². The van der Waals surface area contributed by atoms with Crippen molar-refractivity contribution in [1.29, 1.82) is 0 Å². The smallest absolute Gasteiger partial charge is 0.240 e. The minimum Gasteiger partial charge on any atom is -0.497 e. The van der Waals surface area contributed by atoms with Gasteiger partial charge in [-0.05, 0) is 41.8 Å². The highest BCUT2D eigenvalue weighted by molar-refractivity contribution is 7.89. The standard InChI is InChI=1S/C19H26N4O3S/c1-3-23-27(24,25)18-10-6-16(7-11-18)14-22-19(20)21-13-12-15-4-8-17(26-2)9-5-15/h4-11,23H,3,12-14H2,1-2H3,(H3,20,21,22). The molecule has 0 saturated carbocycles. The lowest BCUT2D eigenvalue weighted by Gasteiger charge is -2.07. The molecular formula is C19H26N4O3S. The van der Waals surface area contributed by atoms with E-state index in [1.54, 1.807) is 38.3 Å². The molecule has 0 heterocycles. The number of benzene rings is 2. The van der Waals surface area contributed by atoms with Crippen molar-refractivity contribution in [2.45, 2.75) is 24.8 Å². The molecule has 27 heavy (non-hydrogen) atoms. The lowest BCUT2D eigenvalue weighted by atomic mass is 10.1. The molecule has 8 heteroatoms. The van der Waals surface area contributed by atoms with Gasteiger partial charge in [0.2, 0.25) is 10.0 Å². The largest absolute Gasteiger partial charge is 0.497 e. The van der Waals surface area contributed by atoms with E-state index >= 15 is 0 Å².